The van der Waals surface area contributed by atoms with Crippen molar-refractivity contribution in [3.05, 3.63) is 66.2 Å². The Labute approximate surface area is 156 Å². The first-order valence-corrected chi connectivity index (χ1v) is 8.71. The number of ether oxygens (including phenoxy) is 1. The SMILES string of the molecule is CCn1ncc2ccc(-c3cc(C(=O)OC)nn3Cc3ccccn3)cc21. The van der Waals surface area contributed by atoms with Crippen LogP contribution in [0.5, 0.6) is 0 Å². The molecule has 0 fully saturated rings. The van der Waals surface area contributed by atoms with Crippen LogP contribution in [-0.2, 0) is 17.8 Å². The summed E-state index contributed by atoms with van der Waals surface area (Å²) in [5.41, 5.74) is 3.95. The summed E-state index contributed by atoms with van der Waals surface area (Å²) >= 11 is 0. The molecular formula is C20H19N5O2. The number of rotatable bonds is 5. The second-order valence-corrected chi connectivity index (χ2v) is 6.12. The predicted molar refractivity (Wildman–Crippen MR) is 101 cm³/mol. The Morgan fingerprint density at radius 1 is 1.15 bits per heavy atom. The summed E-state index contributed by atoms with van der Waals surface area (Å²) in [4.78, 5) is 16.4. The fourth-order valence-corrected chi connectivity index (χ4v) is 3.10. The molecule has 0 saturated heterocycles. The first kappa shape index (κ1) is 17.0. The number of esters is 1. The molecule has 1 aromatic carbocycles. The van der Waals surface area contributed by atoms with Gasteiger partial charge in [-0.25, -0.2) is 4.79 Å². The van der Waals surface area contributed by atoms with Crippen LogP contribution < -0.4 is 0 Å². The molecular weight excluding hydrogens is 342 g/mol. The van der Waals surface area contributed by atoms with Crippen molar-refractivity contribution >= 4 is 16.9 Å². The van der Waals surface area contributed by atoms with E-state index in [1.807, 2.05) is 41.2 Å². The molecule has 0 bridgehead atoms. The molecule has 4 aromatic rings. The van der Waals surface area contributed by atoms with Gasteiger partial charge < -0.3 is 4.74 Å². The van der Waals surface area contributed by atoms with Gasteiger partial charge in [-0.15, -0.1) is 0 Å². The van der Waals surface area contributed by atoms with Gasteiger partial charge in [-0.2, -0.15) is 10.2 Å². The van der Waals surface area contributed by atoms with Crippen LogP contribution in [0.1, 0.15) is 23.1 Å². The van der Waals surface area contributed by atoms with Crippen molar-refractivity contribution in [2.75, 3.05) is 7.11 Å². The molecule has 0 aliphatic carbocycles. The summed E-state index contributed by atoms with van der Waals surface area (Å²) in [6.07, 6.45) is 3.60. The van der Waals surface area contributed by atoms with E-state index in [1.54, 1.807) is 16.9 Å². The molecule has 7 heteroatoms. The van der Waals surface area contributed by atoms with Crippen LogP contribution >= 0.6 is 0 Å². The van der Waals surface area contributed by atoms with Crippen molar-refractivity contribution in [1.29, 1.82) is 0 Å². The standard InChI is InChI=1S/C20H19N5O2/c1-3-24-18-10-14(7-8-15(18)12-22-24)19-11-17(20(26)27-2)23-25(19)13-16-6-4-5-9-21-16/h4-12H,3,13H2,1-2H3. The summed E-state index contributed by atoms with van der Waals surface area (Å²) in [7, 11) is 1.35. The van der Waals surface area contributed by atoms with Gasteiger partial charge in [0.05, 0.1) is 36.8 Å². The van der Waals surface area contributed by atoms with E-state index in [-0.39, 0.29) is 5.69 Å². The first-order chi connectivity index (χ1) is 13.2. The molecule has 0 saturated carbocycles. The zero-order chi connectivity index (χ0) is 18.8. The average molecular weight is 361 g/mol. The molecule has 0 N–H and O–H groups in total. The second kappa shape index (κ2) is 7.03. The number of carbonyl (C=O) groups is 1. The van der Waals surface area contributed by atoms with Crippen LogP contribution in [0.15, 0.2) is 54.9 Å². The van der Waals surface area contributed by atoms with E-state index in [4.69, 9.17) is 4.74 Å². The first-order valence-electron chi connectivity index (χ1n) is 8.71. The third kappa shape index (κ3) is 3.19. The van der Waals surface area contributed by atoms with E-state index in [9.17, 15) is 4.79 Å². The van der Waals surface area contributed by atoms with Gasteiger partial charge in [0.25, 0.3) is 0 Å². The van der Waals surface area contributed by atoms with E-state index >= 15 is 0 Å². The number of fused-ring (bicyclic) bond motifs is 1. The Hall–Kier alpha value is -3.48. The Balaban J connectivity index is 1.82. The maximum Gasteiger partial charge on any atom is 0.358 e. The highest BCUT2D eigenvalue weighted by atomic mass is 16.5. The van der Waals surface area contributed by atoms with Gasteiger partial charge in [0, 0.05) is 23.7 Å². The Morgan fingerprint density at radius 3 is 2.78 bits per heavy atom. The molecule has 0 atom stereocenters. The quantitative estimate of drug-likeness (QED) is 0.511. The topological polar surface area (TPSA) is 74.8 Å². The molecule has 0 amide bonds. The van der Waals surface area contributed by atoms with E-state index in [0.29, 0.717) is 6.54 Å². The van der Waals surface area contributed by atoms with Crippen LogP contribution in [0.25, 0.3) is 22.2 Å². The Kier molecular flexibility index (Phi) is 4.42. The molecule has 4 rings (SSSR count). The van der Waals surface area contributed by atoms with E-state index in [0.717, 1.165) is 34.4 Å². The minimum Gasteiger partial charge on any atom is -0.464 e. The van der Waals surface area contributed by atoms with E-state index in [2.05, 4.69) is 28.2 Å². The molecule has 7 nitrogen and oxygen atoms in total. The van der Waals surface area contributed by atoms with Gasteiger partial charge in [0.2, 0.25) is 0 Å². The fraction of sp³-hybridized carbons (Fsp3) is 0.200. The largest absolute Gasteiger partial charge is 0.464 e. The predicted octanol–water partition coefficient (Wildman–Crippen LogP) is 3.15. The lowest BCUT2D eigenvalue weighted by Crippen LogP contribution is -2.08. The van der Waals surface area contributed by atoms with Crippen molar-refractivity contribution in [2.24, 2.45) is 0 Å². The zero-order valence-corrected chi connectivity index (χ0v) is 15.2. The maximum atomic E-state index is 12.0. The molecule has 3 aromatic heterocycles. The molecule has 27 heavy (non-hydrogen) atoms. The lowest BCUT2D eigenvalue weighted by atomic mass is 10.1. The molecule has 0 unspecified atom stereocenters. The van der Waals surface area contributed by atoms with Crippen molar-refractivity contribution in [3.63, 3.8) is 0 Å². The molecule has 0 spiro atoms. The summed E-state index contributed by atoms with van der Waals surface area (Å²) in [6, 6.07) is 13.6. The number of hydrogen-bond acceptors (Lipinski definition) is 5. The van der Waals surface area contributed by atoms with Crippen molar-refractivity contribution in [2.45, 2.75) is 20.0 Å². The van der Waals surface area contributed by atoms with E-state index in [1.165, 1.54) is 7.11 Å². The second-order valence-electron chi connectivity index (χ2n) is 6.12. The van der Waals surface area contributed by atoms with Crippen molar-refractivity contribution in [1.82, 2.24) is 24.5 Å². The summed E-state index contributed by atoms with van der Waals surface area (Å²) in [5, 5.41) is 9.91. The number of pyridine rings is 1. The van der Waals surface area contributed by atoms with E-state index < -0.39 is 5.97 Å². The van der Waals surface area contributed by atoms with Gasteiger partial charge in [0.15, 0.2) is 5.69 Å². The number of methoxy groups -OCH3 is 1. The lowest BCUT2D eigenvalue weighted by molar-refractivity contribution is 0.0593. The smallest absolute Gasteiger partial charge is 0.358 e. The Bertz CT molecular complexity index is 1100. The van der Waals surface area contributed by atoms with Gasteiger partial charge in [0.1, 0.15) is 0 Å². The fourth-order valence-electron chi connectivity index (χ4n) is 3.10. The number of aromatic nitrogens is 5. The lowest BCUT2D eigenvalue weighted by Gasteiger charge is -2.08. The highest BCUT2D eigenvalue weighted by Crippen LogP contribution is 2.26. The van der Waals surface area contributed by atoms with Gasteiger partial charge in [-0.1, -0.05) is 18.2 Å². The Morgan fingerprint density at radius 2 is 2.04 bits per heavy atom. The van der Waals surface area contributed by atoms with Crippen LogP contribution in [0.4, 0.5) is 0 Å². The van der Waals surface area contributed by atoms with Crippen molar-refractivity contribution < 1.29 is 9.53 Å². The average Bonchev–Trinajstić information content (AvgIpc) is 3.31. The third-order valence-corrected chi connectivity index (χ3v) is 4.45. The zero-order valence-electron chi connectivity index (χ0n) is 15.2. The molecule has 136 valence electrons. The summed E-state index contributed by atoms with van der Waals surface area (Å²) in [6.45, 7) is 3.30. The van der Waals surface area contributed by atoms with Crippen molar-refractivity contribution in [3.8, 4) is 11.3 Å². The van der Waals surface area contributed by atoms with Gasteiger partial charge in [-0.05, 0) is 31.2 Å². The minimum absolute atomic E-state index is 0.271. The summed E-state index contributed by atoms with van der Waals surface area (Å²) in [5.74, 6) is -0.462. The number of benzene rings is 1. The van der Waals surface area contributed by atoms with Crippen LogP contribution in [0.2, 0.25) is 0 Å². The third-order valence-electron chi connectivity index (χ3n) is 4.45. The number of nitrogens with zero attached hydrogens (tertiary/aromatic N) is 5. The highest BCUT2D eigenvalue weighted by Gasteiger charge is 2.17. The number of hydrogen-bond donors (Lipinski definition) is 0. The van der Waals surface area contributed by atoms with Gasteiger partial charge >= 0.3 is 5.97 Å². The van der Waals surface area contributed by atoms with Crippen LogP contribution in [-0.4, -0.2) is 37.6 Å². The van der Waals surface area contributed by atoms with Crippen LogP contribution in [0.3, 0.4) is 0 Å². The molecule has 0 radical (unpaired) electrons. The molecule has 0 aliphatic heterocycles. The van der Waals surface area contributed by atoms with Gasteiger partial charge in [-0.3, -0.25) is 14.3 Å². The normalized spacial score (nSPS) is 11.0. The highest BCUT2D eigenvalue weighted by molar-refractivity contribution is 5.89. The molecule has 3 heterocycles. The minimum atomic E-state index is -0.462. The number of aryl methyl sites for hydroxylation is 1. The monoisotopic (exact) mass is 361 g/mol. The maximum absolute atomic E-state index is 12.0. The summed E-state index contributed by atoms with van der Waals surface area (Å²) < 4.78 is 8.56. The van der Waals surface area contributed by atoms with Crippen LogP contribution in [0, 0.1) is 0 Å². The molecule has 0 aliphatic rings. The number of carbonyl (C=O) groups excluding carboxylic acids is 1.